The summed E-state index contributed by atoms with van der Waals surface area (Å²) in [5, 5.41) is 15.4. The topological polar surface area (TPSA) is 102 Å². The van der Waals surface area contributed by atoms with Crippen LogP contribution in [0.5, 0.6) is 0 Å². The first-order valence-electron chi connectivity index (χ1n) is 12.6. The summed E-state index contributed by atoms with van der Waals surface area (Å²) in [6.07, 6.45) is 0.899. The third-order valence-electron chi connectivity index (χ3n) is 6.52. The van der Waals surface area contributed by atoms with Gasteiger partial charge >= 0.3 is 5.97 Å². The molecule has 202 valence electrons. The summed E-state index contributed by atoms with van der Waals surface area (Å²) in [4.78, 5) is 40.3. The van der Waals surface area contributed by atoms with E-state index in [1.54, 1.807) is 11.9 Å². The molecular weight excluding hydrogens is 560 g/mol. The van der Waals surface area contributed by atoms with Gasteiger partial charge in [-0.15, -0.1) is 0 Å². The Labute approximate surface area is 236 Å². The highest BCUT2D eigenvalue weighted by Gasteiger charge is 2.28. The Kier molecular flexibility index (Phi) is 8.83. The summed E-state index contributed by atoms with van der Waals surface area (Å²) < 4.78 is 0.861. The molecule has 0 saturated heterocycles. The fraction of sp³-hybridized carbons (Fsp3) is 0.233. The summed E-state index contributed by atoms with van der Waals surface area (Å²) in [5.74, 6) is -1.04. The normalized spacial score (nSPS) is 13.6. The minimum absolute atomic E-state index is 0.0283. The number of anilines is 3. The molecule has 3 aromatic rings. The van der Waals surface area contributed by atoms with Crippen molar-refractivity contribution in [3.05, 3.63) is 87.9 Å². The Bertz CT molecular complexity index is 1420. The van der Waals surface area contributed by atoms with Crippen molar-refractivity contribution in [1.29, 1.82) is 0 Å². The SMILES string of the molecule is CN(C)CCC(=O)N(C)c1ccc(N/C(=C2\C(=O)Nc3cc(Br)ccc32)c2ccc(CCC(=O)O)cc2)cc1. The molecule has 0 radical (unpaired) electrons. The first kappa shape index (κ1) is 28.1. The summed E-state index contributed by atoms with van der Waals surface area (Å²) in [6.45, 7) is 0.676. The first-order valence-corrected chi connectivity index (χ1v) is 13.4. The second-order valence-corrected chi connectivity index (χ2v) is 10.6. The number of hydrogen-bond donors (Lipinski definition) is 3. The van der Waals surface area contributed by atoms with Crippen LogP contribution in [0.25, 0.3) is 11.3 Å². The van der Waals surface area contributed by atoms with E-state index in [0.29, 0.717) is 30.7 Å². The predicted octanol–water partition coefficient (Wildman–Crippen LogP) is 5.31. The van der Waals surface area contributed by atoms with Crippen LogP contribution in [0.15, 0.2) is 71.2 Å². The van der Waals surface area contributed by atoms with Gasteiger partial charge in [-0.2, -0.15) is 0 Å². The minimum Gasteiger partial charge on any atom is -0.481 e. The van der Waals surface area contributed by atoms with Crippen molar-refractivity contribution in [2.75, 3.05) is 43.2 Å². The molecular formula is C30H31BrN4O4. The summed E-state index contributed by atoms with van der Waals surface area (Å²) in [6, 6.07) is 20.7. The molecule has 0 spiro atoms. The number of rotatable bonds is 10. The molecule has 39 heavy (non-hydrogen) atoms. The number of carboxylic acid groups (broad SMARTS) is 1. The van der Waals surface area contributed by atoms with Crippen molar-refractivity contribution >= 4 is 62.0 Å². The van der Waals surface area contributed by atoms with Gasteiger partial charge in [-0.1, -0.05) is 46.3 Å². The van der Waals surface area contributed by atoms with Crippen LogP contribution in [0.3, 0.4) is 0 Å². The number of halogens is 1. The number of hydrogen-bond acceptors (Lipinski definition) is 5. The van der Waals surface area contributed by atoms with Crippen LogP contribution in [0, 0.1) is 0 Å². The summed E-state index contributed by atoms with van der Waals surface area (Å²) in [7, 11) is 5.63. The molecule has 4 rings (SSSR count). The van der Waals surface area contributed by atoms with Crippen LogP contribution < -0.4 is 15.5 Å². The Morgan fingerprint density at radius 1 is 0.949 bits per heavy atom. The molecule has 0 unspecified atom stereocenters. The van der Waals surface area contributed by atoms with Crippen molar-refractivity contribution < 1.29 is 19.5 Å². The quantitative estimate of drug-likeness (QED) is 0.276. The maximum atomic E-state index is 13.2. The highest BCUT2D eigenvalue weighted by atomic mass is 79.9. The van der Waals surface area contributed by atoms with Gasteiger partial charge in [0.05, 0.1) is 17.0 Å². The average Bonchev–Trinajstić information content (AvgIpc) is 3.23. The van der Waals surface area contributed by atoms with Crippen molar-refractivity contribution in [1.82, 2.24) is 4.90 Å². The molecule has 9 heteroatoms. The molecule has 0 atom stereocenters. The van der Waals surface area contributed by atoms with Crippen LogP contribution in [0.1, 0.15) is 29.5 Å². The van der Waals surface area contributed by atoms with Crippen LogP contribution in [-0.4, -0.2) is 55.5 Å². The van der Waals surface area contributed by atoms with Crippen LogP contribution >= 0.6 is 15.9 Å². The fourth-order valence-corrected chi connectivity index (χ4v) is 4.67. The van der Waals surface area contributed by atoms with Crippen LogP contribution in [-0.2, 0) is 20.8 Å². The lowest BCUT2D eigenvalue weighted by Gasteiger charge is -2.20. The van der Waals surface area contributed by atoms with Crippen molar-refractivity contribution in [3.63, 3.8) is 0 Å². The van der Waals surface area contributed by atoms with E-state index in [2.05, 4.69) is 26.6 Å². The van der Waals surface area contributed by atoms with Crippen molar-refractivity contribution in [3.8, 4) is 0 Å². The van der Waals surface area contributed by atoms with Crippen LogP contribution in [0.2, 0.25) is 0 Å². The van der Waals surface area contributed by atoms with E-state index >= 15 is 0 Å². The molecule has 1 aliphatic heterocycles. The summed E-state index contributed by atoms with van der Waals surface area (Å²) in [5.41, 5.74) is 5.85. The highest BCUT2D eigenvalue weighted by Crippen LogP contribution is 2.39. The number of carboxylic acids is 1. The van der Waals surface area contributed by atoms with Gasteiger partial charge in [-0.05, 0) is 68.0 Å². The Hall–Kier alpha value is -3.95. The Morgan fingerprint density at radius 3 is 2.28 bits per heavy atom. The van der Waals surface area contributed by atoms with Gasteiger partial charge in [0.25, 0.3) is 5.91 Å². The van der Waals surface area contributed by atoms with Crippen LogP contribution in [0.4, 0.5) is 17.1 Å². The summed E-state index contributed by atoms with van der Waals surface area (Å²) >= 11 is 3.46. The monoisotopic (exact) mass is 590 g/mol. The van der Waals surface area contributed by atoms with Crippen molar-refractivity contribution in [2.24, 2.45) is 0 Å². The number of aryl methyl sites for hydroxylation is 1. The number of nitrogens with zero attached hydrogens (tertiary/aromatic N) is 2. The molecule has 1 aliphatic rings. The van der Waals surface area contributed by atoms with E-state index < -0.39 is 5.97 Å². The maximum absolute atomic E-state index is 13.2. The predicted molar refractivity (Wildman–Crippen MR) is 159 cm³/mol. The number of nitrogens with one attached hydrogen (secondary N) is 2. The zero-order valence-electron chi connectivity index (χ0n) is 22.1. The van der Waals surface area contributed by atoms with Gasteiger partial charge in [-0.3, -0.25) is 14.4 Å². The second kappa shape index (κ2) is 12.3. The largest absolute Gasteiger partial charge is 0.481 e. The van der Waals surface area contributed by atoms with E-state index in [4.69, 9.17) is 5.11 Å². The molecule has 0 bridgehead atoms. The number of carbonyl (C=O) groups is 3. The van der Waals surface area contributed by atoms with E-state index in [1.807, 2.05) is 85.7 Å². The number of carbonyl (C=O) groups excluding carboxylic acids is 2. The van der Waals surface area contributed by atoms with E-state index in [0.717, 1.165) is 38.2 Å². The van der Waals surface area contributed by atoms with Gasteiger partial charge < -0.3 is 25.5 Å². The maximum Gasteiger partial charge on any atom is 0.303 e. The smallest absolute Gasteiger partial charge is 0.303 e. The lowest BCUT2D eigenvalue weighted by Crippen LogP contribution is -2.29. The molecule has 3 N–H and O–H groups in total. The molecule has 0 saturated carbocycles. The average molecular weight is 592 g/mol. The second-order valence-electron chi connectivity index (χ2n) is 9.66. The molecule has 2 amide bonds. The number of benzene rings is 3. The first-order chi connectivity index (χ1) is 18.6. The molecule has 0 aliphatic carbocycles. The van der Waals surface area contributed by atoms with Gasteiger partial charge in [0.15, 0.2) is 0 Å². The lowest BCUT2D eigenvalue weighted by atomic mass is 9.98. The number of amides is 2. The van der Waals surface area contributed by atoms with Gasteiger partial charge in [0.2, 0.25) is 5.91 Å². The zero-order valence-corrected chi connectivity index (χ0v) is 23.7. The molecule has 1 heterocycles. The van der Waals surface area contributed by atoms with E-state index in [-0.39, 0.29) is 18.2 Å². The van der Waals surface area contributed by atoms with Gasteiger partial charge in [0, 0.05) is 47.8 Å². The van der Waals surface area contributed by atoms with Crippen molar-refractivity contribution in [2.45, 2.75) is 19.3 Å². The Balaban J connectivity index is 1.66. The number of aliphatic carboxylic acids is 1. The highest BCUT2D eigenvalue weighted by molar-refractivity contribution is 9.10. The number of fused-ring (bicyclic) bond motifs is 1. The minimum atomic E-state index is -0.845. The third kappa shape index (κ3) is 6.93. The molecule has 0 aromatic heterocycles. The van der Waals surface area contributed by atoms with E-state index in [1.165, 1.54) is 0 Å². The zero-order chi connectivity index (χ0) is 28.1. The third-order valence-corrected chi connectivity index (χ3v) is 7.01. The molecule has 3 aromatic carbocycles. The standard InChI is InChI=1S/C30H31BrN4O4/c1-34(2)17-16-26(36)35(3)23-12-10-22(11-13-23)32-29(20-7-4-19(5-8-20)6-15-27(37)38)28-24-14-9-21(31)18-25(24)33-30(28)39/h4-5,7-14,18,32H,6,15-17H2,1-3H3,(H,33,39)(H,37,38)/b29-28-. The molecule has 8 nitrogen and oxygen atoms in total. The lowest BCUT2D eigenvalue weighted by molar-refractivity contribution is -0.137. The Morgan fingerprint density at radius 2 is 1.64 bits per heavy atom. The van der Waals surface area contributed by atoms with Gasteiger partial charge in [-0.25, -0.2) is 0 Å². The van der Waals surface area contributed by atoms with Gasteiger partial charge in [0.1, 0.15) is 0 Å². The molecule has 0 fully saturated rings. The fourth-order valence-electron chi connectivity index (χ4n) is 4.31. The van der Waals surface area contributed by atoms with E-state index in [9.17, 15) is 14.4 Å².